The summed E-state index contributed by atoms with van der Waals surface area (Å²) in [6.07, 6.45) is 1.36. The summed E-state index contributed by atoms with van der Waals surface area (Å²) in [5, 5.41) is 46.2. The van der Waals surface area contributed by atoms with Gasteiger partial charge in [0.2, 0.25) is 5.96 Å². The predicted molar refractivity (Wildman–Crippen MR) is 212 cm³/mol. The first-order chi connectivity index (χ1) is 28.6. The number of amidine groups is 1. The second-order valence-electron chi connectivity index (χ2n) is 18.0. The molecule has 16 unspecified atom stereocenters. The lowest BCUT2D eigenvalue weighted by Crippen LogP contribution is -2.65. The monoisotopic (exact) mass is 829 g/mol. The molecule has 0 aromatic rings. The van der Waals surface area contributed by atoms with Crippen LogP contribution in [0.15, 0.2) is 15.0 Å². The van der Waals surface area contributed by atoms with Crippen LogP contribution in [0.3, 0.4) is 0 Å². The van der Waals surface area contributed by atoms with Gasteiger partial charge in [-0.2, -0.15) is 9.98 Å². The molecule has 2 saturated heterocycles. The van der Waals surface area contributed by atoms with Gasteiger partial charge in [0.25, 0.3) is 0 Å². The van der Waals surface area contributed by atoms with Crippen molar-refractivity contribution in [3.8, 4) is 0 Å². The number of aliphatic hydroxyl groups excluding tert-OH is 4. The number of hydrogen-bond acceptors (Lipinski definition) is 17. The lowest BCUT2D eigenvalue weighted by Gasteiger charge is -2.53. The van der Waals surface area contributed by atoms with Crippen LogP contribution in [0.1, 0.15) is 83.5 Å². The van der Waals surface area contributed by atoms with Crippen molar-refractivity contribution < 1.29 is 53.8 Å². The average molecular weight is 830 g/mol. The largest absolute Gasteiger partial charge is 0.394 e. The van der Waals surface area contributed by atoms with Crippen LogP contribution in [0.25, 0.3) is 0 Å². The molecule has 328 valence electrons. The van der Waals surface area contributed by atoms with Gasteiger partial charge >= 0.3 is 5.91 Å². The first-order valence-electron chi connectivity index (χ1n) is 22.0. The lowest BCUT2D eigenvalue weighted by molar-refractivity contribution is -0.335. The number of carbonyl (C=O) groups excluding carboxylic acids is 3. The Labute approximate surface area is 344 Å². The van der Waals surface area contributed by atoms with E-state index >= 15 is 0 Å². The molecule has 4 saturated carbocycles. The average Bonchev–Trinajstić information content (AvgIpc) is 3.66. The highest BCUT2D eigenvalue weighted by molar-refractivity contribution is 6.69. The number of fused-ring (bicyclic) bond motifs is 3. The topological polar surface area (TPSA) is 273 Å². The van der Waals surface area contributed by atoms with Crippen LogP contribution < -0.4 is 16.8 Å². The summed E-state index contributed by atoms with van der Waals surface area (Å²) in [6.45, 7) is 0.231. The SMILES string of the molecule is NC1=NC(=O)C2=NCN(C3CCCCC3CC3CC4C(=O)C5CCCCC5C(=O)C4C(OCCO)C3OC3OC(CO)C(O)C(O)C3OCCC3CCNC(N)C3)C2=N1. The molecule has 8 rings (SSSR count). The summed E-state index contributed by atoms with van der Waals surface area (Å²) in [7, 11) is 0. The maximum atomic E-state index is 14.6. The van der Waals surface area contributed by atoms with E-state index in [2.05, 4.69) is 20.3 Å². The number of nitrogens with two attached hydrogens (primary N) is 2. The molecular formula is C41H63N7O11. The van der Waals surface area contributed by atoms with Crippen molar-refractivity contribution in [3.63, 3.8) is 0 Å². The molecule has 8 aliphatic rings. The van der Waals surface area contributed by atoms with Gasteiger partial charge in [-0.15, -0.1) is 0 Å². The van der Waals surface area contributed by atoms with Crippen LogP contribution in [0.2, 0.25) is 0 Å². The predicted octanol–water partition coefficient (Wildman–Crippen LogP) is -0.625. The first-order valence-corrected chi connectivity index (χ1v) is 22.0. The standard InChI is InChI=1S/C41H63N7O11/c42-28-15-20(9-11-44-28)10-13-56-37-34(54)33(53)27(18-50)58-40(37)59-35-22(16-21-5-1-4-8-26(21)48-19-45-30-38(48)46-41(43)47-39(30)55)17-25-29(36(35)57-14-12-49)32(52)24-7-3-2-6-23(24)31(25)51/h20-29,33-37,40,44,49-50,53-54H,1-19,42H2,(H2,43,47,55). The summed E-state index contributed by atoms with van der Waals surface area (Å²) in [4.78, 5) is 56.7. The van der Waals surface area contributed by atoms with Crippen molar-refractivity contribution in [2.45, 2.75) is 139 Å². The Bertz CT molecular complexity index is 1650. The number of aliphatic hydroxyl groups is 4. The second kappa shape index (κ2) is 18.7. The molecule has 0 bridgehead atoms. The molecule has 6 fully saturated rings. The van der Waals surface area contributed by atoms with E-state index in [0.717, 1.165) is 57.9 Å². The molecule has 0 spiro atoms. The maximum absolute atomic E-state index is 14.6. The van der Waals surface area contributed by atoms with Gasteiger partial charge in [0, 0.05) is 30.4 Å². The zero-order chi connectivity index (χ0) is 41.4. The van der Waals surface area contributed by atoms with Crippen molar-refractivity contribution in [2.75, 3.05) is 39.6 Å². The Kier molecular flexibility index (Phi) is 13.6. The van der Waals surface area contributed by atoms with Crippen LogP contribution >= 0.6 is 0 Å². The number of guanidine groups is 1. The Morgan fingerprint density at radius 1 is 0.831 bits per heavy atom. The fraction of sp³-hybridized carbons (Fsp3) is 0.854. The van der Waals surface area contributed by atoms with Crippen molar-refractivity contribution >= 4 is 35.0 Å². The molecule has 18 heteroatoms. The molecule has 4 heterocycles. The number of aliphatic imine (C=N–C) groups is 3. The molecule has 59 heavy (non-hydrogen) atoms. The highest BCUT2D eigenvalue weighted by Gasteiger charge is 2.60. The third kappa shape index (κ3) is 8.68. The van der Waals surface area contributed by atoms with E-state index in [0.29, 0.717) is 43.9 Å². The number of ketones is 2. The van der Waals surface area contributed by atoms with Gasteiger partial charge in [-0.1, -0.05) is 25.7 Å². The molecular weight excluding hydrogens is 766 g/mol. The molecule has 1 amide bonds. The minimum atomic E-state index is -1.48. The summed E-state index contributed by atoms with van der Waals surface area (Å²) in [5.74, 6) is -2.34. The highest BCUT2D eigenvalue weighted by Crippen LogP contribution is 2.51. The molecule has 4 aliphatic heterocycles. The van der Waals surface area contributed by atoms with Crippen LogP contribution in [-0.2, 0) is 33.3 Å². The normalized spacial score (nSPS) is 42.7. The molecule has 16 atom stereocenters. The number of rotatable bonds is 13. The van der Waals surface area contributed by atoms with Gasteiger partial charge < -0.3 is 61.1 Å². The number of carbonyl (C=O) groups is 3. The minimum Gasteiger partial charge on any atom is -0.394 e. The van der Waals surface area contributed by atoms with Crippen LogP contribution in [0, 0.1) is 41.4 Å². The van der Waals surface area contributed by atoms with Gasteiger partial charge in [0.15, 0.2) is 17.8 Å². The lowest BCUT2D eigenvalue weighted by atomic mass is 9.55. The third-order valence-electron chi connectivity index (χ3n) is 14.6. The van der Waals surface area contributed by atoms with Crippen LogP contribution in [0.4, 0.5) is 0 Å². The number of nitrogens with zero attached hydrogens (tertiary/aromatic N) is 4. The van der Waals surface area contributed by atoms with Gasteiger partial charge in [-0.3, -0.25) is 19.4 Å². The van der Waals surface area contributed by atoms with Crippen molar-refractivity contribution in [1.29, 1.82) is 0 Å². The summed E-state index contributed by atoms with van der Waals surface area (Å²) >= 11 is 0. The quantitative estimate of drug-likeness (QED) is 0.114. The van der Waals surface area contributed by atoms with E-state index in [1.807, 2.05) is 4.90 Å². The van der Waals surface area contributed by atoms with Crippen LogP contribution in [-0.4, -0.2) is 155 Å². The number of amides is 1. The van der Waals surface area contributed by atoms with Gasteiger partial charge in [-0.05, 0) is 82.1 Å². The minimum absolute atomic E-state index is 0.00737. The van der Waals surface area contributed by atoms with E-state index in [4.69, 9.17) is 30.4 Å². The Morgan fingerprint density at radius 3 is 2.34 bits per heavy atom. The van der Waals surface area contributed by atoms with Crippen molar-refractivity contribution in [1.82, 2.24) is 10.2 Å². The third-order valence-corrected chi connectivity index (χ3v) is 14.6. The second-order valence-corrected chi connectivity index (χ2v) is 18.0. The number of Topliss-reactive ketones (excluding diaryl/α,β-unsaturated/α-hetero) is 2. The molecule has 0 aromatic heterocycles. The Hall–Kier alpha value is -2.78. The number of hydrogen-bond donors (Lipinski definition) is 7. The van der Waals surface area contributed by atoms with E-state index in [-0.39, 0.29) is 79.7 Å². The number of nitrogens with one attached hydrogen (secondary N) is 1. The zero-order valence-corrected chi connectivity index (χ0v) is 33.8. The van der Waals surface area contributed by atoms with Crippen molar-refractivity contribution in [3.05, 3.63) is 0 Å². The fourth-order valence-corrected chi connectivity index (χ4v) is 11.8. The Balaban J connectivity index is 1.11. The van der Waals surface area contributed by atoms with E-state index in [1.54, 1.807) is 0 Å². The highest BCUT2D eigenvalue weighted by atomic mass is 16.7. The van der Waals surface area contributed by atoms with Crippen LogP contribution in [0.5, 0.6) is 0 Å². The molecule has 0 radical (unpaired) electrons. The van der Waals surface area contributed by atoms with E-state index in [1.165, 1.54) is 0 Å². The molecule has 18 nitrogen and oxygen atoms in total. The summed E-state index contributed by atoms with van der Waals surface area (Å²) in [5.41, 5.74) is 12.3. The van der Waals surface area contributed by atoms with E-state index in [9.17, 15) is 34.8 Å². The van der Waals surface area contributed by atoms with Gasteiger partial charge in [0.1, 0.15) is 42.7 Å². The summed E-state index contributed by atoms with van der Waals surface area (Å²) < 4.78 is 26.0. The maximum Gasteiger partial charge on any atom is 0.302 e. The molecule has 4 aliphatic carbocycles. The number of ether oxygens (including phenoxy) is 4. The fourth-order valence-electron chi connectivity index (χ4n) is 11.8. The summed E-state index contributed by atoms with van der Waals surface area (Å²) in [6, 6.07) is -0.0788. The van der Waals surface area contributed by atoms with Gasteiger partial charge in [0.05, 0.1) is 44.1 Å². The number of piperidine rings is 1. The molecule has 9 N–H and O–H groups in total. The zero-order valence-electron chi connectivity index (χ0n) is 33.8. The van der Waals surface area contributed by atoms with Gasteiger partial charge in [-0.25, -0.2) is 0 Å². The van der Waals surface area contributed by atoms with Crippen molar-refractivity contribution in [2.24, 2.45) is 67.9 Å². The van der Waals surface area contributed by atoms with E-state index < -0.39 is 73.2 Å². The molecule has 0 aromatic carbocycles. The Morgan fingerprint density at radius 2 is 1.58 bits per heavy atom. The smallest absolute Gasteiger partial charge is 0.302 e. The first kappa shape index (κ1) is 42.9.